The van der Waals surface area contributed by atoms with Crippen molar-refractivity contribution in [1.82, 2.24) is 29.5 Å². The van der Waals surface area contributed by atoms with Gasteiger partial charge in [0.2, 0.25) is 5.88 Å². The molecule has 1 amide bonds. The molecule has 3 heterocycles. The van der Waals surface area contributed by atoms with Crippen LogP contribution in [0.25, 0.3) is 11.7 Å². The average molecular weight is 535 g/mol. The van der Waals surface area contributed by atoms with Crippen molar-refractivity contribution in [3.8, 4) is 5.88 Å². The van der Waals surface area contributed by atoms with Gasteiger partial charge in [0, 0.05) is 29.9 Å². The van der Waals surface area contributed by atoms with E-state index in [4.69, 9.17) is 9.98 Å². The first-order valence-electron chi connectivity index (χ1n) is 12.7. The fourth-order valence-electron chi connectivity index (χ4n) is 4.86. The summed E-state index contributed by atoms with van der Waals surface area (Å²) in [6.45, 7) is 1.83. The summed E-state index contributed by atoms with van der Waals surface area (Å²) in [6, 6.07) is 1.51. The fourth-order valence-corrected chi connectivity index (χ4v) is 4.86. The van der Waals surface area contributed by atoms with Gasteiger partial charge < -0.3 is 20.3 Å². The lowest BCUT2D eigenvalue weighted by atomic mass is 9.90. The van der Waals surface area contributed by atoms with Crippen LogP contribution in [-0.4, -0.2) is 71.3 Å². The molecule has 0 bridgehead atoms. The molecule has 2 aliphatic carbocycles. The van der Waals surface area contributed by atoms with Gasteiger partial charge in [-0.25, -0.2) is 9.78 Å². The van der Waals surface area contributed by atoms with Gasteiger partial charge in [-0.3, -0.25) is 14.8 Å². The smallest absolute Gasteiger partial charge is 0.471 e. The maximum atomic E-state index is 13.1. The number of hydrogen-bond acceptors (Lipinski definition) is 7. The van der Waals surface area contributed by atoms with E-state index in [-0.39, 0.29) is 30.2 Å². The molecule has 0 unspecified atom stereocenters. The molecule has 0 atom stereocenters. The second-order valence-electron chi connectivity index (χ2n) is 9.83. The van der Waals surface area contributed by atoms with Gasteiger partial charge in [0.05, 0.1) is 12.2 Å². The first kappa shape index (κ1) is 25.8. The van der Waals surface area contributed by atoms with Gasteiger partial charge in [-0.1, -0.05) is 6.92 Å². The molecule has 3 aromatic heterocycles. The summed E-state index contributed by atoms with van der Waals surface area (Å²) in [5.74, 6) is -1.53. The third kappa shape index (κ3) is 5.53. The highest BCUT2D eigenvalue weighted by Gasteiger charge is 2.44. The first-order chi connectivity index (χ1) is 18.1. The van der Waals surface area contributed by atoms with Gasteiger partial charge in [-0.05, 0) is 51.0 Å². The molecule has 38 heavy (non-hydrogen) atoms. The Morgan fingerprint density at radius 3 is 2.61 bits per heavy atom. The van der Waals surface area contributed by atoms with Crippen LogP contribution in [0.5, 0.6) is 5.88 Å². The number of nitrogens with zero attached hydrogens (tertiary/aromatic N) is 5. The molecular weight excluding hydrogens is 505 g/mol. The fraction of sp³-hybridized carbons (Fsp3) is 0.542. The van der Waals surface area contributed by atoms with Crippen molar-refractivity contribution < 1.29 is 23.1 Å². The molecule has 2 fully saturated rings. The molecule has 3 aromatic rings. The molecule has 5 rings (SSSR count). The molecule has 0 aliphatic heterocycles. The lowest BCUT2D eigenvalue weighted by molar-refractivity contribution is -0.188. The first-order valence-corrected chi connectivity index (χ1v) is 12.7. The minimum absolute atomic E-state index is 0.0418. The van der Waals surface area contributed by atoms with E-state index in [0.717, 1.165) is 17.7 Å². The van der Waals surface area contributed by atoms with Gasteiger partial charge in [0.25, 0.3) is 0 Å². The van der Waals surface area contributed by atoms with E-state index in [0.29, 0.717) is 54.3 Å². The van der Waals surface area contributed by atoms with Crippen LogP contribution in [-0.2, 0) is 4.79 Å². The quantitative estimate of drug-likeness (QED) is 0.363. The molecule has 4 N–H and O–H groups in total. The Labute approximate surface area is 214 Å². The monoisotopic (exact) mass is 534 g/mol. The largest absolute Gasteiger partial charge is 0.493 e. The van der Waals surface area contributed by atoms with E-state index >= 15 is 0 Å². The number of aromatic hydroxyl groups is 1. The van der Waals surface area contributed by atoms with Gasteiger partial charge >= 0.3 is 17.8 Å². The standard InChI is InChI=1S/C24H29F3N8O3/c1-2-9-34(22(37)24(25,26)27)16-7-5-14(6-8-16)29-18-11-19(30-15-3-4-15)35-20(32-18)13(12-28-35)10-17-21(36)33-23(38)31-17/h10-12,14-16,29,36H,2-9H2,1H3,(H2,31,33,38). The van der Waals surface area contributed by atoms with Crippen LogP contribution in [0.1, 0.15) is 57.6 Å². The van der Waals surface area contributed by atoms with Gasteiger partial charge in [0.15, 0.2) is 11.1 Å². The Morgan fingerprint density at radius 1 is 1.26 bits per heavy atom. The molecule has 14 heteroatoms. The number of halogens is 3. The Hall–Kier alpha value is -3.84. The van der Waals surface area contributed by atoms with Crippen molar-refractivity contribution in [2.45, 2.75) is 76.2 Å². The van der Waals surface area contributed by atoms with Crippen LogP contribution in [0.3, 0.4) is 0 Å². The topological polar surface area (TPSA) is 144 Å². The van der Waals surface area contributed by atoms with Crippen molar-refractivity contribution >= 4 is 23.4 Å². The maximum Gasteiger partial charge on any atom is 0.471 e. The van der Waals surface area contributed by atoms with E-state index in [2.05, 4.69) is 20.4 Å². The minimum Gasteiger partial charge on any atom is -0.493 e. The lowest BCUT2D eigenvalue weighted by Crippen LogP contribution is -2.49. The average Bonchev–Trinajstić information content (AvgIpc) is 3.50. The summed E-state index contributed by atoms with van der Waals surface area (Å²) >= 11 is 0. The highest BCUT2D eigenvalue weighted by Crippen LogP contribution is 2.29. The van der Waals surface area contributed by atoms with Crippen LogP contribution in [0.2, 0.25) is 0 Å². The number of carbonyl (C=O) groups excluding carboxylic acids is 1. The number of rotatable bonds is 7. The van der Waals surface area contributed by atoms with E-state index in [1.54, 1.807) is 29.8 Å². The molecular formula is C24H29F3N8O3. The molecule has 2 aliphatic rings. The number of hydrogen-bond donors (Lipinski definition) is 4. The van der Waals surface area contributed by atoms with Gasteiger partial charge in [-0.2, -0.15) is 22.8 Å². The number of aromatic amines is 2. The van der Waals surface area contributed by atoms with Gasteiger partial charge in [0.1, 0.15) is 11.5 Å². The summed E-state index contributed by atoms with van der Waals surface area (Å²) in [5, 5.41) is 18.3. The predicted molar refractivity (Wildman–Crippen MR) is 131 cm³/mol. The maximum absolute atomic E-state index is 13.1. The number of aromatic nitrogens is 5. The predicted octanol–water partition coefficient (Wildman–Crippen LogP) is 1.59. The summed E-state index contributed by atoms with van der Waals surface area (Å²) in [5.41, 5.74) is 0.712. The van der Waals surface area contributed by atoms with Crippen LogP contribution in [0, 0.1) is 0 Å². The van der Waals surface area contributed by atoms with E-state index < -0.39 is 23.8 Å². The van der Waals surface area contributed by atoms with Crippen LogP contribution >= 0.6 is 0 Å². The zero-order valence-electron chi connectivity index (χ0n) is 20.8. The summed E-state index contributed by atoms with van der Waals surface area (Å²) in [4.78, 5) is 38.6. The second kappa shape index (κ2) is 10.1. The number of anilines is 1. The summed E-state index contributed by atoms with van der Waals surface area (Å²) in [6.07, 6.45) is 2.72. The molecule has 0 spiro atoms. The zero-order valence-corrected chi connectivity index (χ0v) is 20.8. The normalized spacial score (nSPS) is 21.3. The lowest BCUT2D eigenvalue weighted by Gasteiger charge is -2.37. The highest BCUT2D eigenvalue weighted by molar-refractivity contribution is 5.82. The number of imidazole rings is 1. The molecule has 204 valence electrons. The van der Waals surface area contributed by atoms with Crippen molar-refractivity contribution in [2.24, 2.45) is 4.99 Å². The summed E-state index contributed by atoms with van der Waals surface area (Å²) in [7, 11) is 0. The molecule has 0 aromatic carbocycles. The Kier molecular flexibility index (Phi) is 6.88. The van der Waals surface area contributed by atoms with E-state index in [9.17, 15) is 27.9 Å². The van der Waals surface area contributed by atoms with Crippen molar-refractivity contribution in [3.05, 3.63) is 39.1 Å². The number of amides is 1. The third-order valence-electron chi connectivity index (χ3n) is 6.83. The Morgan fingerprint density at radius 2 is 2.00 bits per heavy atom. The van der Waals surface area contributed by atoms with Crippen molar-refractivity contribution in [1.29, 1.82) is 0 Å². The van der Waals surface area contributed by atoms with E-state index in [1.165, 1.54) is 0 Å². The SMILES string of the molecule is CCCN(C(=O)C(F)(F)F)C1CCC(Nc2cc(=NC3CC3)n3ncc(=Cc4[nH]c(=O)[nH]c4O)c3n2)CC1. The Balaban J connectivity index is 1.39. The second-order valence-corrected chi connectivity index (χ2v) is 9.83. The number of fused-ring (bicyclic) bond motifs is 1. The zero-order chi connectivity index (χ0) is 27.0. The van der Waals surface area contributed by atoms with Crippen molar-refractivity contribution in [3.63, 3.8) is 0 Å². The minimum atomic E-state index is -4.88. The number of carbonyl (C=O) groups is 1. The van der Waals surface area contributed by atoms with E-state index in [1.807, 2.05) is 0 Å². The number of nitrogens with one attached hydrogen (secondary N) is 3. The third-order valence-corrected chi connectivity index (χ3v) is 6.83. The molecule has 0 radical (unpaired) electrons. The van der Waals surface area contributed by atoms with Crippen LogP contribution in [0.15, 0.2) is 22.1 Å². The molecule has 11 nitrogen and oxygen atoms in total. The van der Waals surface area contributed by atoms with Crippen LogP contribution in [0.4, 0.5) is 19.0 Å². The van der Waals surface area contributed by atoms with Gasteiger partial charge in [-0.15, -0.1) is 0 Å². The number of alkyl halides is 3. The molecule has 0 saturated heterocycles. The van der Waals surface area contributed by atoms with Crippen molar-refractivity contribution in [2.75, 3.05) is 11.9 Å². The summed E-state index contributed by atoms with van der Waals surface area (Å²) < 4.78 is 40.9. The highest BCUT2D eigenvalue weighted by atomic mass is 19.4. The Bertz CT molecular complexity index is 1500. The molecule has 2 saturated carbocycles. The van der Waals surface area contributed by atoms with Crippen LogP contribution < -0.4 is 21.7 Å². The number of H-pyrrole nitrogens is 2.